The van der Waals surface area contributed by atoms with Crippen molar-refractivity contribution in [1.82, 2.24) is 0 Å². The second kappa shape index (κ2) is 6.07. The lowest BCUT2D eigenvalue weighted by atomic mass is 9.48. The van der Waals surface area contributed by atoms with E-state index in [9.17, 15) is 14.7 Å². The van der Waals surface area contributed by atoms with Crippen LogP contribution in [-0.4, -0.2) is 16.9 Å². The molecule has 4 aliphatic carbocycles. The molecule has 4 aliphatic rings. The van der Waals surface area contributed by atoms with Crippen molar-refractivity contribution in [2.75, 3.05) is 0 Å². The third kappa shape index (κ3) is 2.53. The molecule has 0 radical (unpaired) electrons. The highest BCUT2D eigenvalue weighted by molar-refractivity contribution is 5.92. The number of aliphatic carboxylic acids is 1. The van der Waals surface area contributed by atoms with E-state index in [1.165, 1.54) is 31.3 Å². The number of carbonyl (C=O) groups excluding carboxylic acids is 1. The number of carboxylic acids is 1. The normalized spacial score (nSPS) is 45.3. The van der Waals surface area contributed by atoms with Crippen LogP contribution in [0.25, 0.3) is 0 Å². The molecule has 0 aromatic carbocycles. The molecular weight excluding hydrogens is 324 g/mol. The average molecular weight is 357 g/mol. The van der Waals surface area contributed by atoms with Gasteiger partial charge < -0.3 is 5.11 Å². The fourth-order valence-electron chi connectivity index (χ4n) is 7.39. The largest absolute Gasteiger partial charge is 0.481 e. The quantitative estimate of drug-likeness (QED) is 0.772. The Balaban J connectivity index is 1.64. The zero-order valence-corrected chi connectivity index (χ0v) is 16.3. The number of carbonyl (C=O) groups is 2. The predicted octanol–water partition coefficient (Wildman–Crippen LogP) is 5.02. The monoisotopic (exact) mass is 356 g/mol. The zero-order valence-electron chi connectivity index (χ0n) is 16.3. The lowest BCUT2D eigenvalue weighted by Gasteiger charge is -2.56. The summed E-state index contributed by atoms with van der Waals surface area (Å²) in [5.74, 6) is 2.29. The van der Waals surface area contributed by atoms with E-state index in [0.29, 0.717) is 36.5 Å². The molecule has 1 N–H and O–H groups in total. The van der Waals surface area contributed by atoms with E-state index in [-0.39, 0.29) is 22.5 Å². The smallest absolute Gasteiger partial charge is 0.303 e. The van der Waals surface area contributed by atoms with E-state index in [4.69, 9.17) is 0 Å². The first-order valence-electron chi connectivity index (χ1n) is 10.4. The summed E-state index contributed by atoms with van der Waals surface area (Å²) in [5.41, 5.74) is 1.68. The zero-order chi connectivity index (χ0) is 18.7. The molecule has 0 saturated heterocycles. The fourth-order valence-corrected chi connectivity index (χ4v) is 7.39. The van der Waals surface area contributed by atoms with Crippen molar-refractivity contribution in [3.8, 4) is 0 Å². The Hall–Kier alpha value is -1.38. The molecule has 3 heteroatoms. The second-order valence-corrected chi connectivity index (χ2v) is 9.94. The summed E-state index contributed by atoms with van der Waals surface area (Å²) in [4.78, 5) is 23.1. The van der Waals surface area contributed by atoms with Crippen molar-refractivity contribution >= 4 is 11.8 Å². The van der Waals surface area contributed by atoms with E-state index >= 15 is 0 Å². The van der Waals surface area contributed by atoms with Crippen molar-refractivity contribution in [3.63, 3.8) is 0 Å². The molecule has 0 aromatic heterocycles. The predicted molar refractivity (Wildman–Crippen MR) is 102 cm³/mol. The van der Waals surface area contributed by atoms with Crippen molar-refractivity contribution in [2.45, 2.75) is 65.7 Å². The van der Waals surface area contributed by atoms with E-state index in [0.717, 1.165) is 6.42 Å². The minimum Gasteiger partial charge on any atom is -0.481 e. The van der Waals surface area contributed by atoms with E-state index in [1.54, 1.807) is 0 Å². The Morgan fingerprint density at radius 1 is 1.23 bits per heavy atom. The first-order chi connectivity index (χ1) is 12.3. The van der Waals surface area contributed by atoms with Gasteiger partial charge in [-0.1, -0.05) is 32.9 Å². The van der Waals surface area contributed by atoms with Gasteiger partial charge in [0.25, 0.3) is 0 Å². The number of allylic oxidation sites excluding steroid dienone is 4. The third-order valence-electron chi connectivity index (χ3n) is 8.77. The van der Waals surface area contributed by atoms with E-state index in [1.807, 2.05) is 6.08 Å². The lowest BCUT2D eigenvalue weighted by molar-refractivity contribution is -0.139. The van der Waals surface area contributed by atoms with Gasteiger partial charge in [-0.25, -0.2) is 0 Å². The molecule has 3 nitrogen and oxygen atoms in total. The lowest BCUT2D eigenvalue weighted by Crippen LogP contribution is -2.49. The molecule has 26 heavy (non-hydrogen) atoms. The maximum Gasteiger partial charge on any atom is 0.303 e. The summed E-state index contributed by atoms with van der Waals surface area (Å²) in [6, 6.07) is 0. The standard InChI is InChI=1S/C23H32O3/c1-14(12-21(25)26)18-6-7-19-17-5-4-15-13-16(24)8-10-22(15,2)20(17)9-11-23(18,19)3/h4-5,13-14,17-20H,6-12H2,1-3H3,(H,25,26)/t14-,17+,18-,19+,20+,22+,23-/m1/s1. The molecule has 2 fully saturated rings. The van der Waals surface area contributed by atoms with Gasteiger partial charge >= 0.3 is 5.97 Å². The molecule has 0 unspecified atom stereocenters. The van der Waals surface area contributed by atoms with Gasteiger partial charge in [0.2, 0.25) is 0 Å². The molecule has 0 bridgehead atoms. The van der Waals surface area contributed by atoms with Crippen LogP contribution in [0.2, 0.25) is 0 Å². The van der Waals surface area contributed by atoms with E-state index < -0.39 is 5.97 Å². The van der Waals surface area contributed by atoms with Gasteiger partial charge in [-0.15, -0.1) is 0 Å². The van der Waals surface area contributed by atoms with Crippen LogP contribution in [-0.2, 0) is 9.59 Å². The summed E-state index contributed by atoms with van der Waals surface area (Å²) in [6.07, 6.45) is 13.3. The number of hydrogen-bond acceptors (Lipinski definition) is 2. The minimum atomic E-state index is -0.662. The van der Waals surface area contributed by atoms with Crippen LogP contribution in [0.1, 0.15) is 65.7 Å². The maximum atomic E-state index is 11.9. The van der Waals surface area contributed by atoms with Gasteiger partial charge in [0.15, 0.2) is 5.78 Å². The van der Waals surface area contributed by atoms with Gasteiger partial charge in [0, 0.05) is 12.8 Å². The van der Waals surface area contributed by atoms with Crippen molar-refractivity contribution < 1.29 is 14.7 Å². The van der Waals surface area contributed by atoms with Crippen LogP contribution in [0.3, 0.4) is 0 Å². The molecule has 142 valence electrons. The molecule has 0 aromatic rings. The van der Waals surface area contributed by atoms with Crippen LogP contribution in [0.5, 0.6) is 0 Å². The van der Waals surface area contributed by atoms with Crippen LogP contribution < -0.4 is 0 Å². The topological polar surface area (TPSA) is 54.4 Å². The van der Waals surface area contributed by atoms with Gasteiger partial charge in [-0.2, -0.15) is 0 Å². The van der Waals surface area contributed by atoms with Gasteiger partial charge in [0.1, 0.15) is 0 Å². The molecule has 0 spiro atoms. The molecular formula is C23H32O3. The summed E-state index contributed by atoms with van der Waals surface area (Å²) in [7, 11) is 0. The Labute approximate surface area is 156 Å². The highest BCUT2D eigenvalue weighted by Crippen LogP contribution is 2.66. The van der Waals surface area contributed by atoms with Gasteiger partial charge in [-0.3, -0.25) is 9.59 Å². The van der Waals surface area contributed by atoms with Crippen molar-refractivity contribution in [1.29, 1.82) is 0 Å². The fraction of sp³-hybridized carbons (Fsp3) is 0.739. The summed E-state index contributed by atoms with van der Waals surface area (Å²) < 4.78 is 0. The number of ketones is 1. The Morgan fingerprint density at radius 2 is 2.00 bits per heavy atom. The SMILES string of the molecule is C[C@H](CC(=O)O)[C@H]1CC[C@H]2[C@@H]3C=CC4=CC(=O)CC[C@]4(C)[C@H]3CC[C@]12C. The Bertz CT molecular complexity index is 690. The Morgan fingerprint density at radius 3 is 2.73 bits per heavy atom. The number of rotatable bonds is 3. The number of fused-ring (bicyclic) bond motifs is 5. The minimum absolute atomic E-state index is 0.152. The van der Waals surface area contributed by atoms with Crippen molar-refractivity contribution in [2.24, 2.45) is 40.4 Å². The first kappa shape index (κ1) is 18.0. The molecule has 4 rings (SSSR count). The van der Waals surface area contributed by atoms with Crippen LogP contribution in [0.4, 0.5) is 0 Å². The second-order valence-electron chi connectivity index (χ2n) is 9.94. The summed E-state index contributed by atoms with van der Waals surface area (Å²) in [6.45, 7) is 6.97. The number of hydrogen-bond donors (Lipinski definition) is 1. The molecule has 7 atom stereocenters. The van der Waals surface area contributed by atoms with Crippen molar-refractivity contribution in [3.05, 3.63) is 23.8 Å². The highest BCUT2D eigenvalue weighted by Gasteiger charge is 2.58. The van der Waals surface area contributed by atoms with Gasteiger partial charge in [0.05, 0.1) is 0 Å². The van der Waals surface area contributed by atoms with Gasteiger partial charge in [-0.05, 0) is 84.2 Å². The van der Waals surface area contributed by atoms with E-state index in [2.05, 4.69) is 32.9 Å². The molecule has 0 heterocycles. The summed E-state index contributed by atoms with van der Waals surface area (Å²) in [5, 5.41) is 9.25. The molecule has 0 aliphatic heterocycles. The van der Waals surface area contributed by atoms with Crippen LogP contribution in [0, 0.1) is 40.4 Å². The highest BCUT2D eigenvalue weighted by atomic mass is 16.4. The first-order valence-corrected chi connectivity index (χ1v) is 10.4. The summed E-state index contributed by atoms with van der Waals surface area (Å²) >= 11 is 0. The van der Waals surface area contributed by atoms with Crippen LogP contribution >= 0.6 is 0 Å². The average Bonchev–Trinajstić information content (AvgIpc) is 2.92. The Kier molecular flexibility index (Phi) is 4.20. The molecule has 0 amide bonds. The maximum absolute atomic E-state index is 11.9. The number of carboxylic acid groups (broad SMARTS) is 1. The molecule has 2 saturated carbocycles. The third-order valence-corrected chi connectivity index (χ3v) is 8.77. The van der Waals surface area contributed by atoms with Crippen LogP contribution in [0.15, 0.2) is 23.8 Å².